The first-order valence-corrected chi connectivity index (χ1v) is 5.47. The SMILES string of the molecule is CC.CCC(NC)c1cccs1. The highest BCUT2D eigenvalue weighted by Gasteiger charge is 2.05. The minimum atomic E-state index is 0.556. The predicted molar refractivity (Wildman–Crippen MR) is 57.8 cm³/mol. The Kier molecular flexibility index (Phi) is 7.11. The molecule has 2 heteroatoms. The van der Waals surface area contributed by atoms with E-state index in [1.165, 1.54) is 4.88 Å². The van der Waals surface area contributed by atoms with Crippen molar-refractivity contribution in [2.24, 2.45) is 0 Å². The van der Waals surface area contributed by atoms with Gasteiger partial charge in [0.05, 0.1) is 0 Å². The molecule has 0 fully saturated rings. The van der Waals surface area contributed by atoms with Crippen LogP contribution >= 0.6 is 11.3 Å². The molecule has 0 aliphatic carbocycles. The van der Waals surface area contributed by atoms with Crippen LogP contribution < -0.4 is 5.32 Å². The van der Waals surface area contributed by atoms with Gasteiger partial charge in [-0.25, -0.2) is 0 Å². The van der Waals surface area contributed by atoms with Crippen LogP contribution in [-0.2, 0) is 0 Å². The summed E-state index contributed by atoms with van der Waals surface area (Å²) >= 11 is 1.82. The Morgan fingerprint density at radius 1 is 1.50 bits per heavy atom. The molecule has 0 aromatic carbocycles. The zero-order chi connectivity index (χ0) is 9.40. The van der Waals surface area contributed by atoms with Gasteiger partial charge in [0.1, 0.15) is 0 Å². The van der Waals surface area contributed by atoms with E-state index < -0.39 is 0 Å². The fourth-order valence-corrected chi connectivity index (χ4v) is 1.96. The standard InChI is InChI=1S/C8H13NS.C2H6/c1-3-7(9-2)8-5-4-6-10-8;1-2/h4-7,9H,3H2,1-2H3;1-2H3. The van der Waals surface area contributed by atoms with E-state index in [1.807, 2.05) is 32.2 Å². The fourth-order valence-electron chi connectivity index (χ4n) is 1.04. The zero-order valence-electron chi connectivity index (χ0n) is 8.42. The van der Waals surface area contributed by atoms with Crippen molar-refractivity contribution in [1.82, 2.24) is 5.32 Å². The molecule has 1 N–H and O–H groups in total. The summed E-state index contributed by atoms with van der Waals surface area (Å²) in [5.74, 6) is 0. The third kappa shape index (κ3) is 3.37. The van der Waals surface area contributed by atoms with E-state index in [0.717, 1.165) is 6.42 Å². The average Bonchev–Trinajstić information content (AvgIpc) is 2.64. The van der Waals surface area contributed by atoms with Crippen molar-refractivity contribution in [3.8, 4) is 0 Å². The molecule has 70 valence electrons. The van der Waals surface area contributed by atoms with E-state index >= 15 is 0 Å². The Hall–Kier alpha value is -0.340. The number of nitrogens with one attached hydrogen (secondary N) is 1. The molecule has 0 aliphatic heterocycles. The van der Waals surface area contributed by atoms with Gasteiger partial charge >= 0.3 is 0 Å². The van der Waals surface area contributed by atoms with Gasteiger partial charge in [0.2, 0.25) is 0 Å². The van der Waals surface area contributed by atoms with Gasteiger partial charge < -0.3 is 5.32 Å². The van der Waals surface area contributed by atoms with Crippen molar-refractivity contribution in [2.45, 2.75) is 33.2 Å². The van der Waals surface area contributed by atoms with E-state index in [4.69, 9.17) is 0 Å². The second-order valence-corrected chi connectivity index (χ2v) is 3.24. The first-order valence-electron chi connectivity index (χ1n) is 4.59. The lowest BCUT2D eigenvalue weighted by atomic mass is 10.2. The van der Waals surface area contributed by atoms with Gasteiger partial charge in [0, 0.05) is 10.9 Å². The molecule has 0 spiro atoms. The van der Waals surface area contributed by atoms with Gasteiger partial charge in [-0.3, -0.25) is 0 Å². The van der Waals surface area contributed by atoms with Crippen LogP contribution in [0.1, 0.15) is 38.1 Å². The predicted octanol–water partition coefficient (Wildman–Crippen LogP) is 3.44. The molecule has 0 saturated carbocycles. The minimum absolute atomic E-state index is 0.556. The number of rotatable bonds is 3. The van der Waals surface area contributed by atoms with Crippen LogP contribution in [0.15, 0.2) is 17.5 Å². The lowest BCUT2D eigenvalue weighted by Gasteiger charge is -2.10. The minimum Gasteiger partial charge on any atom is -0.312 e. The number of hydrogen-bond acceptors (Lipinski definition) is 2. The lowest BCUT2D eigenvalue weighted by molar-refractivity contribution is 0.586. The summed E-state index contributed by atoms with van der Waals surface area (Å²) in [6, 6.07) is 4.83. The third-order valence-corrected chi connectivity index (χ3v) is 2.63. The molecule has 0 radical (unpaired) electrons. The highest BCUT2D eigenvalue weighted by molar-refractivity contribution is 7.10. The van der Waals surface area contributed by atoms with Crippen molar-refractivity contribution < 1.29 is 0 Å². The maximum absolute atomic E-state index is 3.26. The lowest BCUT2D eigenvalue weighted by Crippen LogP contribution is -2.13. The monoisotopic (exact) mass is 185 g/mol. The smallest absolute Gasteiger partial charge is 0.0409 e. The molecule has 0 bridgehead atoms. The van der Waals surface area contributed by atoms with E-state index in [9.17, 15) is 0 Å². The van der Waals surface area contributed by atoms with Crippen LogP contribution in [-0.4, -0.2) is 7.05 Å². The molecule has 1 heterocycles. The molecule has 1 aromatic rings. The third-order valence-electron chi connectivity index (χ3n) is 1.64. The summed E-state index contributed by atoms with van der Waals surface area (Å²) in [7, 11) is 2.01. The maximum Gasteiger partial charge on any atom is 0.0409 e. The molecular weight excluding hydrogens is 166 g/mol. The fraction of sp³-hybridized carbons (Fsp3) is 0.600. The summed E-state index contributed by atoms with van der Waals surface area (Å²) in [4.78, 5) is 1.44. The molecule has 12 heavy (non-hydrogen) atoms. The first-order chi connectivity index (χ1) is 5.88. The largest absolute Gasteiger partial charge is 0.312 e. The quantitative estimate of drug-likeness (QED) is 0.760. The highest BCUT2D eigenvalue weighted by atomic mass is 32.1. The van der Waals surface area contributed by atoms with Gasteiger partial charge in [0.25, 0.3) is 0 Å². The average molecular weight is 185 g/mol. The molecular formula is C10H19NS. The molecule has 1 unspecified atom stereocenters. The van der Waals surface area contributed by atoms with Gasteiger partial charge in [0.15, 0.2) is 0 Å². The van der Waals surface area contributed by atoms with Crippen LogP contribution in [0.5, 0.6) is 0 Å². The van der Waals surface area contributed by atoms with Gasteiger partial charge in [-0.1, -0.05) is 26.8 Å². The van der Waals surface area contributed by atoms with Crippen LogP contribution in [0.25, 0.3) is 0 Å². The van der Waals surface area contributed by atoms with Crippen molar-refractivity contribution >= 4 is 11.3 Å². The molecule has 0 amide bonds. The van der Waals surface area contributed by atoms with Gasteiger partial charge in [-0.2, -0.15) is 0 Å². The molecule has 1 nitrogen and oxygen atoms in total. The molecule has 1 aromatic heterocycles. The maximum atomic E-state index is 3.26. The van der Waals surface area contributed by atoms with Crippen LogP contribution in [0.3, 0.4) is 0 Å². The second kappa shape index (κ2) is 7.32. The van der Waals surface area contributed by atoms with Crippen LogP contribution in [0.2, 0.25) is 0 Å². The van der Waals surface area contributed by atoms with Crippen LogP contribution in [0, 0.1) is 0 Å². The first kappa shape index (κ1) is 11.7. The Morgan fingerprint density at radius 3 is 2.50 bits per heavy atom. The van der Waals surface area contributed by atoms with Crippen molar-refractivity contribution in [2.75, 3.05) is 7.05 Å². The molecule has 1 atom stereocenters. The van der Waals surface area contributed by atoms with Crippen molar-refractivity contribution in [1.29, 1.82) is 0 Å². The van der Waals surface area contributed by atoms with E-state index in [-0.39, 0.29) is 0 Å². The zero-order valence-corrected chi connectivity index (χ0v) is 9.24. The Labute approximate surface area is 79.8 Å². The van der Waals surface area contributed by atoms with Gasteiger partial charge in [-0.05, 0) is 24.9 Å². The van der Waals surface area contributed by atoms with E-state index in [2.05, 4.69) is 29.8 Å². The van der Waals surface area contributed by atoms with Crippen molar-refractivity contribution in [3.05, 3.63) is 22.4 Å². The second-order valence-electron chi connectivity index (χ2n) is 2.26. The molecule has 0 saturated heterocycles. The summed E-state index contributed by atoms with van der Waals surface area (Å²) in [6.45, 7) is 6.20. The Morgan fingerprint density at radius 2 is 2.17 bits per heavy atom. The summed E-state index contributed by atoms with van der Waals surface area (Å²) in [6.07, 6.45) is 1.16. The van der Waals surface area contributed by atoms with E-state index in [0.29, 0.717) is 6.04 Å². The topological polar surface area (TPSA) is 12.0 Å². The number of thiophene rings is 1. The summed E-state index contributed by atoms with van der Waals surface area (Å²) in [5, 5.41) is 5.38. The summed E-state index contributed by atoms with van der Waals surface area (Å²) in [5.41, 5.74) is 0. The molecule has 0 aliphatic rings. The molecule has 1 rings (SSSR count). The normalized spacial score (nSPS) is 11.7. The summed E-state index contributed by atoms with van der Waals surface area (Å²) < 4.78 is 0. The van der Waals surface area contributed by atoms with Crippen LogP contribution in [0.4, 0.5) is 0 Å². The Balaban J connectivity index is 0.000000561. The van der Waals surface area contributed by atoms with E-state index in [1.54, 1.807) is 0 Å². The Bertz CT molecular complexity index is 166. The highest BCUT2D eigenvalue weighted by Crippen LogP contribution is 2.20. The van der Waals surface area contributed by atoms with Gasteiger partial charge in [-0.15, -0.1) is 11.3 Å². The van der Waals surface area contributed by atoms with Crippen molar-refractivity contribution in [3.63, 3.8) is 0 Å². The number of hydrogen-bond donors (Lipinski definition) is 1.